The first kappa shape index (κ1) is 13.2. The number of carboxylic acid groups (broad SMARTS) is 1. The molecule has 1 aromatic heterocycles. The van der Waals surface area contributed by atoms with E-state index < -0.39 is 12.0 Å². The molecule has 0 saturated heterocycles. The third-order valence-corrected chi connectivity index (χ3v) is 2.62. The summed E-state index contributed by atoms with van der Waals surface area (Å²) in [7, 11) is 0. The Balaban J connectivity index is 2.46. The molecule has 0 fully saturated rings. The Hall–Kier alpha value is -1.89. The Morgan fingerprint density at radius 1 is 1.65 bits per heavy atom. The molecule has 0 unspecified atom stereocenters. The molecule has 0 aromatic carbocycles. The highest BCUT2D eigenvalue weighted by Gasteiger charge is 2.14. The molecule has 6 nitrogen and oxygen atoms in total. The summed E-state index contributed by atoms with van der Waals surface area (Å²) in [5.74, 6) is -1.06. The van der Waals surface area contributed by atoms with E-state index in [2.05, 4.69) is 16.9 Å². The van der Waals surface area contributed by atoms with Crippen LogP contribution in [0.5, 0.6) is 0 Å². The smallest absolute Gasteiger partial charge is 0.323 e. The number of nitrogens with zero attached hydrogens (tertiary/aromatic N) is 2. The number of aromatic nitrogens is 1. The summed E-state index contributed by atoms with van der Waals surface area (Å²) in [6, 6.07) is -0.442. The van der Waals surface area contributed by atoms with Crippen molar-refractivity contribution in [3.63, 3.8) is 0 Å². The van der Waals surface area contributed by atoms with Crippen LogP contribution in [-0.4, -0.2) is 40.1 Å². The molecule has 0 saturated carbocycles. The van der Waals surface area contributed by atoms with Gasteiger partial charge in [0.1, 0.15) is 11.6 Å². The summed E-state index contributed by atoms with van der Waals surface area (Å²) in [6.45, 7) is 3.61. The van der Waals surface area contributed by atoms with Crippen molar-refractivity contribution in [3.8, 4) is 0 Å². The summed E-state index contributed by atoms with van der Waals surface area (Å²) >= 11 is 1.42. The topological polar surface area (TPSA) is 82.5 Å². The van der Waals surface area contributed by atoms with Crippen LogP contribution in [-0.2, 0) is 11.3 Å². The first-order valence-electron chi connectivity index (χ1n) is 4.87. The number of rotatable bonds is 6. The van der Waals surface area contributed by atoms with Gasteiger partial charge in [0.25, 0.3) is 0 Å². The Morgan fingerprint density at radius 2 is 2.41 bits per heavy atom. The molecule has 2 amide bonds. The first-order valence-corrected chi connectivity index (χ1v) is 5.75. The Labute approximate surface area is 103 Å². The third-order valence-electron chi connectivity index (χ3n) is 1.84. The normalized spacial score (nSPS) is 9.65. The van der Waals surface area contributed by atoms with Crippen LogP contribution in [0.15, 0.2) is 24.2 Å². The highest BCUT2D eigenvalue weighted by molar-refractivity contribution is 7.09. The molecule has 92 valence electrons. The zero-order chi connectivity index (χ0) is 12.7. The fraction of sp³-hybridized carbons (Fsp3) is 0.300. The average molecular weight is 255 g/mol. The van der Waals surface area contributed by atoms with Gasteiger partial charge in [-0.3, -0.25) is 4.79 Å². The number of carbonyl (C=O) groups is 2. The van der Waals surface area contributed by atoms with Crippen molar-refractivity contribution in [1.29, 1.82) is 0 Å². The predicted molar refractivity (Wildman–Crippen MR) is 63.8 cm³/mol. The van der Waals surface area contributed by atoms with E-state index in [1.807, 2.05) is 0 Å². The molecular formula is C10H13N3O3S. The van der Waals surface area contributed by atoms with Crippen molar-refractivity contribution in [2.75, 3.05) is 13.1 Å². The molecule has 0 aliphatic rings. The summed E-state index contributed by atoms with van der Waals surface area (Å²) in [5.41, 5.74) is 0. The minimum Gasteiger partial charge on any atom is -0.480 e. The van der Waals surface area contributed by atoms with Gasteiger partial charge in [-0.1, -0.05) is 6.08 Å². The summed E-state index contributed by atoms with van der Waals surface area (Å²) < 4.78 is 0. The Morgan fingerprint density at radius 3 is 2.94 bits per heavy atom. The van der Waals surface area contributed by atoms with Gasteiger partial charge in [-0.25, -0.2) is 9.78 Å². The van der Waals surface area contributed by atoms with E-state index in [4.69, 9.17) is 5.11 Å². The molecule has 2 N–H and O–H groups in total. The lowest BCUT2D eigenvalue weighted by molar-refractivity contribution is -0.137. The Kier molecular flexibility index (Phi) is 5.15. The van der Waals surface area contributed by atoms with Crippen LogP contribution in [0.3, 0.4) is 0 Å². The highest BCUT2D eigenvalue weighted by Crippen LogP contribution is 2.03. The minimum absolute atomic E-state index is 0.190. The lowest BCUT2D eigenvalue weighted by Crippen LogP contribution is -2.42. The second kappa shape index (κ2) is 6.64. The largest absolute Gasteiger partial charge is 0.480 e. The van der Waals surface area contributed by atoms with Gasteiger partial charge >= 0.3 is 12.0 Å². The van der Waals surface area contributed by atoms with E-state index in [1.165, 1.54) is 17.4 Å². The molecule has 17 heavy (non-hydrogen) atoms. The number of amides is 2. The van der Waals surface area contributed by atoms with Crippen molar-refractivity contribution in [2.45, 2.75) is 6.54 Å². The van der Waals surface area contributed by atoms with Gasteiger partial charge in [0.2, 0.25) is 0 Å². The highest BCUT2D eigenvalue weighted by atomic mass is 32.1. The van der Waals surface area contributed by atoms with Crippen LogP contribution in [0.1, 0.15) is 5.01 Å². The van der Waals surface area contributed by atoms with Gasteiger partial charge in [0, 0.05) is 18.1 Å². The van der Waals surface area contributed by atoms with Gasteiger partial charge in [-0.2, -0.15) is 0 Å². The van der Waals surface area contributed by atoms with Crippen LogP contribution in [0.25, 0.3) is 0 Å². The van der Waals surface area contributed by atoms with Crippen molar-refractivity contribution in [3.05, 3.63) is 29.2 Å². The number of carbonyl (C=O) groups excluding carboxylic acids is 1. The van der Waals surface area contributed by atoms with Crippen LogP contribution in [0, 0.1) is 0 Å². The molecule has 0 atom stereocenters. The SMILES string of the molecule is C=CCN(CC(=O)O)C(=O)NCc1nccs1. The number of urea groups is 1. The molecular weight excluding hydrogens is 242 g/mol. The summed E-state index contributed by atoms with van der Waals surface area (Å²) in [6.07, 6.45) is 3.12. The van der Waals surface area contributed by atoms with Gasteiger partial charge in [0.05, 0.1) is 6.54 Å². The second-order valence-corrected chi connectivity index (χ2v) is 4.13. The molecule has 0 aliphatic carbocycles. The van der Waals surface area contributed by atoms with E-state index in [0.29, 0.717) is 6.54 Å². The van der Waals surface area contributed by atoms with Crippen molar-refractivity contribution < 1.29 is 14.7 Å². The minimum atomic E-state index is -1.06. The maximum absolute atomic E-state index is 11.6. The van der Waals surface area contributed by atoms with Crippen LogP contribution in [0.4, 0.5) is 4.79 Å². The molecule has 0 spiro atoms. The number of nitrogens with one attached hydrogen (secondary N) is 1. The molecule has 7 heteroatoms. The number of hydrogen-bond donors (Lipinski definition) is 2. The lowest BCUT2D eigenvalue weighted by Gasteiger charge is -2.18. The molecule has 1 aromatic rings. The maximum atomic E-state index is 11.6. The monoisotopic (exact) mass is 255 g/mol. The molecule has 0 radical (unpaired) electrons. The van der Waals surface area contributed by atoms with Crippen LogP contribution in [0.2, 0.25) is 0 Å². The summed E-state index contributed by atoms with van der Waals surface area (Å²) in [4.78, 5) is 27.4. The zero-order valence-electron chi connectivity index (χ0n) is 9.13. The lowest BCUT2D eigenvalue weighted by atomic mass is 10.5. The van der Waals surface area contributed by atoms with Gasteiger partial charge in [-0.05, 0) is 0 Å². The average Bonchev–Trinajstić information content (AvgIpc) is 2.77. The second-order valence-electron chi connectivity index (χ2n) is 3.15. The molecule has 1 rings (SSSR count). The number of carboxylic acids is 1. The maximum Gasteiger partial charge on any atom is 0.323 e. The number of thiazole rings is 1. The van der Waals surface area contributed by atoms with Crippen LogP contribution < -0.4 is 5.32 Å². The van der Waals surface area contributed by atoms with Gasteiger partial charge in [0.15, 0.2) is 0 Å². The fourth-order valence-corrected chi connectivity index (χ4v) is 1.70. The van der Waals surface area contributed by atoms with E-state index in [0.717, 1.165) is 9.91 Å². The Bertz CT molecular complexity index is 392. The van der Waals surface area contributed by atoms with Gasteiger partial charge < -0.3 is 15.3 Å². The van der Waals surface area contributed by atoms with Crippen LogP contribution >= 0.6 is 11.3 Å². The van der Waals surface area contributed by atoms with Crippen molar-refractivity contribution >= 4 is 23.3 Å². The third kappa shape index (κ3) is 4.64. The van der Waals surface area contributed by atoms with Crippen molar-refractivity contribution in [2.24, 2.45) is 0 Å². The molecule has 1 heterocycles. The standard InChI is InChI=1S/C10H13N3O3S/c1-2-4-13(7-9(14)15)10(16)12-6-8-11-3-5-17-8/h2-3,5H,1,4,6-7H2,(H,12,16)(H,14,15). The van der Waals surface area contributed by atoms with E-state index in [-0.39, 0.29) is 13.1 Å². The number of aliphatic carboxylic acids is 1. The zero-order valence-corrected chi connectivity index (χ0v) is 9.94. The fourth-order valence-electron chi connectivity index (χ4n) is 1.14. The van der Waals surface area contributed by atoms with E-state index in [1.54, 1.807) is 11.6 Å². The van der Waals surface area contributed by atoms with E-state index in [9.17, 15) is 9.59 Å². The van der Waals surface area contributed by atoms with Gasteiger partial charge in [-0.15, -0.1) is 17.9 Å². The first-order chi connectivity index (χ1) is 8.13. The molecule has 0 bridgehead atoms. The van der Waals surface area contributed by atoms with E-state index >= 15 is 0 Å². The molecule has 0 aliphatic heterocycles. The summed E-state index contributed by atoms with van der Waals surface area (Å²) in [5, 5.41) is 13.8. The predicted octanol–water partition coefficient (Wildman–Crippen LogP) is 0.925. The van der Waals surface area contributed by atoms with Crippen molar-refractivity contribution in [1.82, 2.24) is 15.2 Å². The quantitative estimate of drug-likeness (QED) is 0.741. The number of hydrogen-bond acceptors (Lipinski definition) is 4.